The second kappa shape index (κ2) is 4.29. The van der Waals surface area contributed by atoms with Crippen molar-refractivity contribution in [3.05, 3.63) is 0 Å². The van der Waals surface area contributed by atoms with Gasteiger partial charge in [0.25, 0.3) is 0 Å². The topological polar surface area (TPSA) is 29.1 Å². The number of carbonyl (C=O) groups excluding carboxylic acids is 1. The van der Waals surface area contributed by atoms with Crippen molar-refractivity contribution in [2.75, 3.05) is 6.54 Å². The predicted octanol–water partition coefficient (Wildman–Crippen LogP) is 2.83. The number of nitrogens with one attached hydrogen (secondary N) is 1. The van der Waals surface area contributed by atoms with Gasteiger partial charge in [-0.15, -0.1) is 0 Å². The molecule has 3 rings (SSSR count). The first-order valence-electron chi connectivity index (χ1n) is 7.53. The maximum Gasteiger partial charge on any atom is 0.223 e. The zero-order valence-electron chi connectivity index (χ0n) is 11.1. The molecule has 3 aliphatic rings. The van der Waals surface area contributed by atoms with Crippen molar-refractivity contribution in [1.82, 2.24) is 5.32 Å². The lowest BCUT2D eigenvalue weighted by atomic mass is 10.0. The summed E-state index contributed by atoms with van der Waals surface area (Å²) in [5, 5.41) is 3.21. The molecule has 4 unspecified atom stereocenters. The molecular weight excluding hydrogens is 210 g/mol. The maximum absolute atomic E-state index is 12.2. The summed E-state index contributed by atoms with van der Waals surface area (Å²) in [4.78, 5) is 12.2. The van der Waals surface area contributed by atoms with Crippen LogP contribution in [-0.4, -0.2) is 12.5 Å². The minimum Gasteiger partial charge on any atom is -0.356 e. The molecule has 3 fully saturated rings. The van der Waals surface area contributed by atoms with Crippen LogP contribution in [-0.2, 0) is 4.79 Å². The van der Waals surface area contributed by atoms with E-state index in [2.05, 4.69) is 19.2 Å². The molecule has 17 heavy (non-hydrogen) atoms. The lowest BCUT2D eigenvalue weighted by molar-refractivity contribution is -0.123. The fourth-order valence-electron chi connectivity index (χ4n) is 4.62. The van der Waals surface area contributed by atoms with Crippen LogP contribution in [0.3, 0.4) is 0 Å². The molecule has 1 amide bonds. The molecule has 0 aromatic rings. The van der Waals surface area contributed by atoms with Crippen LogP contribution in [0.1, 0.15) is 46.0 Å². The van der Waals surface area contributed by atoms with Gasteiger partial charge in [-0.25, -0.2) is 0 Å². The molecule has 3 saturated carbocycles. The summed E-state index contributed by atoms with van der Waals surface area (Å²) in [6.07, 6.45) is 6.61. The van der Waals surface area contributed by atoms with E-state index in [0.717, 1.165) is 30.2 Å². The summed E-state index contributed by atoms with van der Waals surface area (Å²) in [5.41, 5.74) is 0. The first-order chi connectivity index (χ1) is 8.26. The first-order valence-corrected chi connectivity index (χ1v) is 7.53. The van der Waals surface area contributed by atoms with Crippen LogP contribution in [0, 0.1) is 35.5 Å². The zero-order chi connectivity index (χ0) is 12.0. The Hall–Kier alpha value is -0.530. The summed E-state index contributed by atoms with van der Waals surface area (Å²) >= 11 is 0. The van der Waals surface area contributed by atoms with E-state index in [1.807, 2.05) is 0 Å². The Morgan fingerprint density at radius 3 is 2.29 bits per heavy atom. The summed E-state index contributed by atoms with van der Waals surface area (Å²) in [5.74, 6) is 4.86. The molecule has 0 aromatic heterocycles. The molecule has 3 aliphatic carbocycles. The van der Waals surface area contributed by atoms with Crippen molar-refractivity contribution in [1.29, 1.82) is 0 Å². The van der Waals surface area contributed by atoms with Crippen LogP contribution >= 0.6 is 0 Å². The lowest BCUT2D eigenvalue weighted by Crippen LogP contribution is -2.31. The van der Waals surface area contributed by atoms with Gasteiger partial charge in [-0.3, -0.25) is 4.79 Å². The first kappa shape index (κ1) is 11.6. The van der Waals surface area contributed by atoms with Crippen molar-refractivity contribution < 1.29 is 4.79 Å². The quantitative estimate of drug-likeness (QED) is 0.780. The van der Waals surface area contributed by atoms with Crippen LogP contribution in [0.5, 0.6) is 0 Å². The van der Waals surface area contributed by atoms with E-state index < -0.39 is 0 Å². The number of hydrogen-bond donors (Lipinski definition) is 1. The molecule has 2 bridgehead atoms. The van der Waals surface area contributed by atoms with Gasteiger partial charge < -0.3 is 5.32 Å². The van der Waals surface area contributed by atoms with Crippen molar-refractivity contribution in [3.8, 4) is 0 Å². The lowest BCUT2D eigenvalue weighted by Gasteiger charge is -2.14. The highest BCUT2D eigenvalue weighted by molar-refractivity contribution is 5.82. The molecule has 0 heterocycles. The van der Waals surface area contributed by atoms with E-state index >= 15 is 0 Å². The Morgan fingerprint density at radius 1 is 1.18 bits per heavy atom. The third-order valence-corrected chi connectivity index (χ3v) is 5.76. The maximum atomic E-state index is 12.2. The van der Waals surface area contributed by atoms with Gasteiger partial charge in [0.1, 0.15) is 0 Å². The second-order valence-electron chi connectivity index (χ2n) is 6.44. The molecule has 0 aromatic carbocycles. The fourth-order valence-corrected chi connectivity index (χ4v) is 4.62. The van der Waals surface area contributed by atoms with Gasteiger partial charge in [-0.2, -0.15) is 0 Å². The van der Waals surface area contributed by atoms with Crippen molar-refractivity contribution in [2.45, 2.75) is 46.0 Å². The summed E-state index contributed by atoms with van der Waals surface area (Å²) in [6.45, 7) is 5.33. The Labute approximate surface area is 105 Å². The summed E-state index contributed by atoms with van der Waals surface area (Å²) < 4.78 is 0. The highest BCUT2D eigenvalue weighted by Gasteiger charge is 2.67. The summed E-state index contributed by atoms with van der Waals surface area (Å²) in [6, 6.07) is 0. The average molecular weight is 235 g/mol. The van der Waals surface area contributed by atoms with Crippen LogP contribution in [0.2, 0.25) is 0 Å². The standard InChI is InChI=1S/C15H25NO/c1-3-9(4-2)8-16-15(17)14-12-10-5-6-11(7-10)13(12)14/h9-14H,3-8H2,1-2H3,(H,16,17). The monoisotopic (exact) mass is 235 g/mol. The number of fused-ring (bicyclic) bond motifs is 5. The molecule has 2 heteroatoms. The van der Waals surface area contributed by atoms with Crippen LogP contribution in [0.15, 0.2) is 0 Å². The number of carbonyl (C=O) groups is 1. The van der Waals surface area contributed by atoms with Gasteiger partial charge in [0.2, 0.25) is 5.91 Å². The van der Waals surface area contributed by atoms with E-state index in [1.165, 1.54) is 32.1 Å². The SMILES string of the molecule is CCC(CC)CNC(=O)C1C2C3CCC(C3)C12. The van der Waals surface area contributed by atoms with Crippen molar-refractivity contribution >= 4 is 5.91 Å². The number of rotatable bonds is 5. The predicted molar refractivity (Wildman–Crippen MR) is 68.4 cm³/mol. The van der Waals surface area contributed by atoms with E-state index in [-0.39, 0.29) is 0 Å². The molecule has 0 aliphatic heterocycles. The van der Waals surface area contributed by atoms with Gasteiger partial charge in [0, 0.05) is 12.5 Å². The normalized spacial score (nSPS) is 41.7. The van der Waals surface area contributed by atoms with E-state index in [1.54, 1.807) is 0 Å². The number of amides is 1. The fraction of sp³-hybridized carbons (Fsp3) is 0.933. The Kier molecular flexibility index (Phi) is 2.92. The minimum absolute atomic E-state index is 0.378. The van der Waals surface area contributed by atoms with Crippen molar-refractivity contribution in [2.24, 2.45) is 35.5 Å². The Morgan fingerprint density at radius 2 is 1.76 bits per heavy atom. The Balaban J connectivity index is 1.49. The second-order valence-corrected chi connectivity index (χ2v) is 6.44. The third-order valence-electron chi connectivity index (χ3n) is 5.76. The van der Waals surface area contributed by atoms with Crippen LogP contribution in [0.4, 0.5) is 0 Å². The van der Waals surface area contributed by atoms with E-state index in [4.69, 9.17) is 0 Å². The molecule has 0 saturated heterocycles. The highest BCUT2D eigenvalue weighted by Crippen LogP contribution is 2.69. The van der Waals surface area contributed by atoms with E-state index in [0.29, 0.717) is 17.7 Å². The molecule has 96 valence electrons. The summed E-state index contributed by atoms with van der Waals surface area (Å²) in [7, 11) is 0. The van der Waals surface area contributed by atoms with Gasteiger partial charge in [0.05, 0.1) is 0 Å². The van der Waals surface area contributed by atoms with Crippen LogP contribution in [0.25, 0.3) is 0 Å². The molecule has 1 N–H and O–H groups in total. The molecular formula is C15H25NO. The highest BCUT2D eigenvalue weighted by atomic mass is 16.2. The van der Waals surface area contributed by atoms with Gasteiger partial charge >= 0.3 is 0 Å². The van der Waals surface area contributed by atoms with Gasteiger partial charge in [0.15, 0.2) is 0 Å². The smallest absolute Gasteiger partial charge is 0.223 e. The average Bonchev–Trinajstić information content (AvgIpc) is 2.79. The van der Waals surface area contributed by atoms with Gasteiger partial charge in [-0.05, 0) is 48.9 Å². The minimum atomic E-state index is 0.378. The molecule has 0 spiro atoms. The number of hydrogen-bond acceptors (Lipinski definition) is 1. The molecule has 0 radical (unpaired) electrons. The Bertz CT molecular complexity index is 294. The van der Waals surface area contributed by atoms with Crippen molar-refractivity contribution in [3.63, 3.8) is 0 Å². The molecule has 2 nitrogen and oxygen atoms in total. The third kappa shape index (κ3) is 1.80. The van der Waals surface area contributed by atoms with Gasteiger partial charge in [-0.1, -0.05) is 26.7 Å². The van der Waals surface area contributed by atoms with Crippen LogP contribution < -0.4 is 5.32 Å². The zero-order valence-corrected chi connectivity index (χ0v) is 11.1. The van der Waals surface area contributed by atoms with E-state index in [9.17, 15) is 4.79 Å². The largest absolute Gasteiger partial charge is 0.356 e. The molecule has 4 atom stereocenters.